The van der Waals surface area contributed by atoms with Gasteiger partial charge in [0, 0.05) is 6.04 Å². The largest absolute Gasteiger partial charge is 0.496 e. The Morgan fingerprint density at radius 1 is 1.25 bits per heavy atom. The van der Waals surface area contributed by atoms with Crippen LogP contribution in [0.4, 0.5) is 5.69 Å². The first-order chi connectivity index (χ1) is 11.4. The van der Waals surface area contributed by atoms with Gasteiger partial charge in [-0.25, -0.2) is 8.42 Å². The van der Waals surface area contributed by atoms with E-state index < -0.39 is 15.9 Å². The van der Waals surface area contributed by atoms with Crippen LogP contribution in [0.3, 0.4) is 0 Å². The number of methoxy groups -OCH3 is 1. The highest BCUT2D eigenvalue weighted by molar-refractivity contribution is 7.92. The van der Waals surface area contributed by atoms with Crippen LogP contribution in [0.2, 0.25) is 0 Å². The van der Waals surface area contributed by atoms with E-state index in [0.717, 1.165) is 5.56 Å². The number of fused-ring (bicyclic) bond motifs is 1. The summed E-state index contributed by atoms with van der Waals surface area (Å²) in [6, 6.07) is 11.3. The van der Waals surface area contributed by atoms with Gasteiger partial charge in [0.1, 0.15) is 5.75 Å². The van der Waals surface area contributed by atoms with Crippen LogP contribution in [0.15, 0.2) is 47.4 Å². The average molecular weight is 346 g/mol. The molecule has 0 spiro atoms. The molecule has 1 amide bonds. The predicted molar refractivity (Wildman–Crippen MR) is 90.8 cm³/mol. The van der Waals surface area contributed by atoms with E-state index in [-0.39, 0.29) is 22.3 Å². The normalized spacial score (nSPS) is 16.8. The molecule has 0 fully saturated rings. The third-order valence-electron chi connectivity index (χ3n) is 4.14. The molecular formula is C17H18N2O4S. The van der Waals surface area contributed by atoms with Crippen molar-refractivity contribution in [3.05, 3.63) is 53.6 Å². The summed E-state index contributed by atoms with van der Waals surface area (Å²) < 4.78 is 32.7. The van der Waals surface area contributed by atoms with Gasteiger partial charge in [-0.05, 0) is 43.2 Å². The van der Waals surface area contributed by atoms with Gasteiger partial charge >= 0.3 is 0 Å². The van der Waals surface area contributed by atoms with Gasteiger partial charge in [0.25, 0.3) is 15.9 Å². The van der Waals surface area contributed by atoms with Crippen molar-refractivity contribution < 1.29 is 17.9 Å². The molecule has 6 nitrogen and oxygen atoms in total. The number of hydrogen-bond acceptors (Lipinski definition) is 4. The first-order valence-electron chi connectivity index (χ1n) is 7.46. The Labute approximate surface area is 140 Å². The third kappa shape index (κ3) is 2.50. The van der Waals surface area contributed by atoms with Gasteiger partial charge in [-0.3, -0.25) is 9.10 Å². The zero-order valence-electron chi connectivity index (χ0n) is 13.4. The number of rotatable bonds is 4. The lowest BCUT2D eigenvalue weighted by atomic mass is 10.1. The Bertz CT molecular complexity index is 909. The quantitative estimate of drug-likeness (QED) is 0.916. The number of para-hydroxylation sites is 1. The van der Waals surface area contributed by atoms with Gasteiger partial charge in [-0.2, -0.15) is 0 Å². The van der Waals surface area contributed by atoms with Crippen LogP contribution in [-0.4, -0.2) is 27.5 Å². The summed E-state index contributed by atoms with van der Waals surface area (Å²) in [5.74, 6) is -0.491. The number of ether oxygens (including phenoxy) is 1. The van der Waals surface area contributed by atoms with Gasteiger partial charge in [-0.1, -0.05) is 18.2 Å². The molecule has 0 saturated carbocycles. The van der Waals surface area contributed by atoms with Crippen LogP contribution in [0.5, 0.6) is 5.75 Å². The number of carbonyl (C=O) groups is 1. The first kappa shape index (κ1) is 16.3. The fourth-order valence-corrected chi connectivity index (χ4v) is 4.78. The van der Waals surface area contributed by atoms with E-state index in [4.69, 9.17) is 10.5 Å². The predicted octanol–water partition coefficient (Wildman–Crippen LogP) is 1.93. The molecule has 0 unspecified atom stereocenters. The number of benzene rings is 2. The average Bonchev–Trinajstić information content (AvgIpc) is 2.90. The van der Waals surface area contributed by atoms with Gasteiger partial charge in [-0.15, -0.1) is 0 Å². The van der Waals surface area contributed by atoms with Crippen molar-refractivity contribution in [2.75, 3.05) is 11.4 Å². The Hall–Kier alpha value is -2.54. The molecule has 1 aliphatic heterocycles. The summed E-state index contributed by atoms with van der Waals surface area (Å²) in [6.07, 6.45) is 0.647. The van der Waals surface area contributed by atoms with Crippen LogP contribution >= 0.6 is 0 Å². The number of hydrogen-bond donors (Lipinski definition) is 1. The van der Waals surface area contributed by atoms with Crippen molar-refractivity contribution in [2.24, 2.45) is 5.73 Å². The molecule has 3 rings (SSSR count). The molecular weight excluding hydrogens is 328 g/mol. The van der Waals surface area contributed by atoms with Gasteiger partial charge in [0.05, 0.1) is 23.3 Å². The standard InChI is InChI=1S/C17H18N2O4S/c1-11-9-12-5-3-4-6-15(12)19(11)24(21,22)13-7-8-16(23-2)14(10-13)17(18)20/h3-8,10-11H,9H2,1-2H3,(H2,18,20)/t11-/m1/s1. The number of anilines is 1. The number of nitrogens with two attached hydrogens (primary N) is 1. The molecule has 0 aromatic heterocycles. The van der Waals surface area contributed by atoms with Crippen LogP contribution in [-0.2, 0) is 16.4 Å². The minimum absolute atomic E-state index is 0.0145. The molecule has 0 saturated heterocycles. The first-order valence-corrected chi connectivity index (χ1v) is 8.90. The molecule has 126 valence electrons. The zero-order valence-corrected chi connectivity index (χ0v) is 14.2. The summed E-state index contributed by atoms with van der Waals surface area (Å²) >= 11 is 0. The monoisotopic (exact) mass is 346 g/mol. The summed E-state index contributed by atoms with van der Waals surface area (Å²) in [7, 11) is -2.41. The Balaban J connectivity index is 2.12. The number of nitrogens with zero attached hydrogens (tertiary/aromatic N) is 1. The van der Waals surface area contributed by atoms with E-state index in [1.54, 1.807) is 6.07 Å². The Morgan fingerprint density at radius 3 is 2.62 bits per heavy atom. The van der Waals surface area contributed by atoms with E-state index in [1.165, 1.54) is 29.6 Å². The zero-order chi connectivity index (χ0) is 17.5. The van der Waals surface area contributed by atoms with Crippen LogP contribution in [0.1, 0.15) is 22.8 Å². The number of carbonyl (C=O) groups excluding carboxylic acids is 1. The second-order valence-electron chi connectivity index (χ2n) is 5.71. The number of sulfonamides is 1. The second kappa shape index (κ2) is 5.83. The molecule has 24 heavy (non-hydrogen) atoms. The summed E-state index contributed by atoms with van der Waals surface area (Å²) in [4.78, 5) is 11.6. The van der Waals surface area contributed by atoms with Gasteiger partial charge in [0.2, 0.25) is 0 Å². The van der Waals surface area contributed by atoms with E-state index in [0.29, 0.717) is 12.1 Å². The SMILES string of the molecule is COc1ccc(S(=O)(=O)N2c3ccccc3C[C@H]2C)cc1C(N)=O. The van der Waals surface area contributed by atoms with E-state index in [9.17, 15) is 13.2 Å². The fraction of sp³-hybridized carbons (Fsp3) is 0.235. The van der Waals surface area contributed by atoms with Crippen molar-refractivity contribution in [2.45, 2.75) is 24.3 Å². The molecule has 2 aromatic carbocycles. The van der Waals surface area contributed by atoms with Crippen molar-refractivity contribution in [1.82, 2.24) is 0 Å². The highest BCUT2D eigenvalue weighted by Crippen LogP contribution is 2.37. The summed E-state index contributed by atoms with van der Waals surface area (Å²) in [6.45, 7) is 1.86. The summed E-state index contributed by atoms with van der Waals surface area (Å²) in [5.41, 5.74) is 7.02. The molecule has 1 atom stereocenters. The molecule has 0 radical (unpaired) electrons. The fourth-order valence-electron chi connectivity index (χ4n) is 3.06. The maximum absolute atomic E-state index is 13.1. The van der Waals surface area contributed by atoms with Crippen molar-refractivity contribution in [1.29, 1.82) is 0 Å². The van der Waals surface area contributed by atoms with Crippen molar-refractivity contribution in [3.63, 3.8) is 0 Å². The number of primary amides is 1. The maximum Gasteiger partial charge on any atom is 0.264 e. The molecule has 0 aliphatic carbocycles. The molecule has 7 heteroatoms. The molecule has 0 bridgehead atoms. The molecule has 2 aromatic rings. The lowest BCUT2D eigenvalue weighted by Gasteiger charge is -2.24. The Kier molecular flexibility index (Phi) is 3.96. The van der Waals surface area contributed by atoms with Gasteiger partial charge < -0.3 is 10.5 Å². The van der Waals surface area contributed by atoms with E-state index in [2.05, 4.69) is 0 Å². The highest BCUT2D eigenvalue weighted by atomic mass is 32.2. The maximum atomic E-state index is 13.1. The van der Waals surface area contributed by atoms with E-state index >= 15 is 0 Å². The van der Waals surface area contributed by atoms with E-state index in [1.807, 2.05) is 25.1 Å². The third-order valence-corrected chi connectivity index (χ3v) is 6.06. The topological polar surface area (TPSA) is 89.7 Å². The van der Waals surface area contributed by atoms with Gasteiger partial charge in [0.15, 0.2) is 0 Å². The van der Waals surface area contributed by atoms with Crippen LogP contribution < -0.4 is 14.8 Å². The highest BCUT2D eigenvalue weighted by Gasteiger charge is 2.36. The Morgan fingerprint density at radius 2 is 1.96 bits per heavy atom. The minimum atomic E-state index is -3.81. The minimum Gasteiger partial charge on any atom is -0.496 e. The smallest absolute Gasteiger partial charge is 0.264 e. The lowest BCUT2D eigenvalue weighted by molar-refractivity contribution is 0.0997. The summed E-state index contributed by atoms with van der Waals surface area (Å²) in [5, 5.41) is 0. The molecule has 1 aliphatic rings. The van der Waals surface area contributed by atoms with Crippen molar-refractivity contribution in [3.8, 4) is 5.75 Å². The lowest BCUT2D eigenvalue weighted by Crippen LogP contribution is -2.35. The van der Waals surface area contributed by atoms with Crippen molar-refractivity contribution >= 4 is 21.6 Å². The van der Waals surface area contributed by atoms with Crippen LogP contribution in [0.25, 0.3) is 0 Å². The number of amides is 1. The molecule has 2 N–H and O–H groups in total. The second-order valence-corrected chi connectivity index (χ2v) is 7.52. The van der Waals surface area contributed by atoms with Crippen LogP contribution in [0, 0.1) is 0 Å². The molecule has 1 heterocycles.